The van der Waals surface area contributed by atoms with Crippen LogP contribution in [0.4, 0.5) is 0 Å². The Bertz CT molecular complexity index is 110. The van der Waals surface area contributed by atoms with E-state index in [2.05, 4.69) is 17.4 Å². The Labute approximate surface area is 60.3 Å². The highest BCUT2D eigenvalue weighted by atomic mass is 32.1. The third-order valence-corrected chi connectivity index (χ3v) is 0.964. The summed E-state index contributed by atoms with van der Waals surface area (Å²) in [5, 5.41) is 0. The van der Waals surface area contributed by atoms with Gasteiger partial charge in [-0.05, 0) is 6.92 Å². The van der Waals surface area contributed by atoms with E-state index in [1.165, 1.54) is 0 Å². The van der Waals surface area contributed by atoms with Crippen LogP contribution in [0.25, 0.3) is 0 Å². The highest BCUT2D eigenvalue weighted by molar-refractivity contribution is 7.81. The largest absolute Gasteiger partial charge is 0.461 e. The van der Waals surface area contributed by atoms with Crippen molar-refractivity contribution >= 4 is 18.6 Å². The van der Waals surface area contributed by atoms with Crippen LogP contribution < -0.4 is 0 Å². The van der Waals surface area contributed by atoms with Gasteiger partial charge >= 0.3 is 5.97 Å². The molecule has 0 unspecified atom stereocenters. The molecule has 0 aliphatic heterocycles. The van der Waals surface area contributed by atoms with Gasteiger partial charge in [0.15, 0.2) is 0 Å². The summed E-state index contributed by atoms with van der Waals surface area (Å²) in [4.78, 5) is 10.4. The van der Waals surface area contributed by atoms with Crippen LogP contribution >= 0.6 is 12.6 Å². The van der Waals surface area contributed by atoms with Crippen LogP contribution in [0.2, 0.25) is 0 Å². The summed E-state index contributed by atoms with van der Waals surface area (Å²) in [6.45, 7) is 2.23. The lowest BCUT2D eigenvalue weighted by molar-refractivity contribution is -0.139. The molecule has 52 valence electrons. The molecule has 0 aromatic carbocycles. The lowest BCUT2D eigenvalue weighted by Gasteiger charge is -1.95. The maximum Gasteiger partial charge on any atom is 0.315 e. The van der Waals surface area contributed by atoms with Crippen molar-refractivity contribution in [1.29, 1.82) is 0 Å². The summed E-state index contributed by atoms with van der Waals surface area (Å²) >= 11 is 3.72. The van der Waals surface area contributed by atoms with Gasteiger partial charge in [0, 0.05) is 0 Å². The molecule has 0 atom stereocenters. The van der Waals surface area contributed by atoms with Crippen molar-refractivity contribution in [3.63, 3.8) is 0 Å². The smallest absolute Gasteiger partial charge is 0.315 e. The fraction of sp³-hybridized carbons (Fsp3) is 0.500. The summed E-state index contributed by atoms with van der Waals surface area (Å²) in [6.07, 6.45) is 3.59. The van der Waals surface area contributed by atoms with E-state index in [0.717, 1.165) is 0 Å². The molecule has 0 aliphatic rings. The van der Waals surface area contributed by atoms with Gasteiger partial charge < -0.3 is 4.74 Å². The lowest BCUT2D eigenvalue weighted by Crippen LogP contribution is -2.04. The molecule has 3 heteroatoms. The summed E-state index contributed by atoms with van der Waals surface area (Å²) in [5.41, 5.74) is 0. The van der Waals surface area contributed by atoms with Gasteiger partial charge in [-0.25, -0.2) is 0 Å². The number of ether oxygens (including phenoxy) is 1. The molecule has 9 heavy (non-hydrogen) atoms. The molecule has 0 aliphatic carbocycles. The topological polar surface area (TPSA) is 26.3 Å². The Balaban J connectivity index is 3.17. The SMILES string of the molecule is C/C=C/COC(=O)CS. The molecule has 0 aromatic heterocycles. The second kappa shape index (κ2) is 5.69. The molecule has 0 fully saturated rings. The zero-order valence-electron chi connectivity index (χ0n) is 5.33. The molecule has 0 rings (SSSR count). The molecule has 0 amide bonds. The van der Waals surface area contributed by atoms with E-state index < -0.39 is 0 Å². The summed E-state index contributed by atoms with van der Waals surface area (Å²) in [7, 11) is 0. The van der Waals surface area contributed by atoms with E-state index in [4.69, 9.17) is 0 Å². The molecule has 0 spiro atoms. The van der Waals surface area contributed by atoms with Crippen molar-refractivity contribution in [2.24, 2.45) is 0 Å². The summed E-state index contributed by atoms with van der Waals surface area (Å²) < 4.78 is 4.63. The number of rotatable bonds is 3. The van der Waals surface area contributed by atoms with Crippen molar-refractivity contribution in [2.75, 3.05) is 12.4 Å². The van der Waals surface area contributed by atoms with Gasteiger partial charge in [-0.3, -0.25) is 4.79 Å². The van der Waals surface area contributed by atoms with E-state index in [1.807, 2.05) is 13.0 Å². The fourth-order valence-electron chi connectivity index (χ4n) is 0.283. The fourth-order valence-corrected chi connectivity index (χ4v) is 0.374. The number of carbonyl (C=O) groups is 1. The maximum absolute atomic E-state index is 10.4. The quantitative estimate of drug-likeness (QED) is 0.366. The average molecular weight is 146 g/mol. The van der Waals surface area contributed by atoms with E-state index in [-0.39, 0.29) is 11.7 Å². The number of esters is 1. The molecule has 0 saturated carbocycles. The molecular weight excluding hydrogens is 136 g/mol. The zero-order chi connectivity index (χ0) is 7.11. The van der Waals surface area contributed by atoms with Crippen LogP contribution in [0.3, 0.4) is 0 Å². The minimum Gasteiger partial charge on any atom is -0.461 e. The first kappa shape index (κ1) is 8.56. The van der Waals surface area contributed by atoms with Crippen molar-refractivity contribution < 1.29 is 9.53 Å². The lowest BCUT2D eigenvalue weighted by atomic mass is 10.5. The molecule has 0 aromatic rings. The van der Waals surface area contributed by atoms with Crippen LogP contribution in [0.1, 0.15) is 6.92 Å². The highest BCUT2D eigenvalue weighted by Gasteiger charge is 1.93. The molecule has 0 saturated heterocycles. The minimum atomic E-state index is -0.281. The maximum atomic E-state index is 10.4. The normalized spacial score (nSPS) is 10.0. The van der Waals surface area contributed by atoms with Crippen LogP contribution in [-0.4, -0.2) is 18.3 Å². The van der Waals surface area contributed by atoms with Crippen molar-refractivity contribution in [3.8, 4) is 0 Å². The predicted molar refractivity (Wildman–Crippen MR) is 39.6 cm³/mol. The predicted octanol–water partition coefficient (Wildman–Crippen LogP) is 1.04. The van der Waals surface area contributed by atoms with Gasteiger partial charge in [-0.2, -0.15) is 12.6 Å². The number of hydrogen-bond donors (Lipinski definition) is 1. The van der Waals surface area contributed by atoms with E-state index in [9.17, 15) is 4.79 Å². The van der Waals surface area contributed by atoms with Crippen LogP contribution in [-0.2, 0) is 9.53 Å². The number of carbonyl (C=O) groups excluding carboxylic acids is 1. The van der Waals surface area contributed by atoms with E-state index in [0.29, 0.717) is 6.61 Å². The van der Waals surface area contributed by atoms with Gasteiger partial charge in [-0.1, -0.05) is 12.2 Å². The monoisotopic (exact) mass is 146 g/mol. The third kappa shape index (κ3) is 5.43. The first-order valence-corrected chi connectivity index (χ1v) is 3.32. The summed E-state index contributed by atoms with van der Waals surface area (Å²) in [6, 6.07) is 0. The first-order chi connectivity index (χ1) is 4.31. The highest BCUT2D eigenvalue weighted by Crippen LogP contribution is 1.82. The number of thiol groups is 1. The Morgan fingerprint density at radius 3 is 2.89 bits per heavy atom. The van der Waals surface area contributed by atoms with Crippen molar-refractivity contribution in [3.05, 3.63) is 12.2 Å². The Morgan fingerprint density at radius 2 is 2.44 bits per heavy atom. The molecular formula is C6H10O2S. The van der Waals surface area contributed by atoms with Gasteiger partial charge in [-0.15, -0.1) is 0 Å². The molecule has 2 nitrogen and oxygen atoms in total. The van der Waals surface area contributed by atoms with E-state index in [1.54, 1.807) is 6.08 Å². The van der Waals surface area contributed by atoms with E-state index >= 15 is 0 Å². The van der Waals surface area contributed by atoms with Crippen molar-refractivity contribution in [1.82, 2.24) is 0 Å². The van der Waals surface area contributed by atoms with Gasteiger partial charge in [0.1, 0.15) is 6.61 Å². The zero-order valence-corrected chi connectivity index (χ0v) is 6.23. The molecule has 0 bridgehead atoms. The Hall–Kier alpha value is -0.440. The minimum absolute atomic E-state index is 0.150. The molecule has 0 N–H and O–H groups in total. The second-order valence-corrected chi connectivity index (χ2v) is 1.73. The van der Waals surface area contributed by atoms with Gasteiger partial charge in [0.05, 0.1) is 5.75 Å². The number of allylic oxidation sites excluding steroid dienone is 1. The van der Waals surface area contributed by atoms with Gasteiger partial charge in [0.25, 0.3) is 0 Å². The molecule has 0 radical (unpaired) electrons. The van der Waals surface area contributed by atoms with Crippen molar-refractivity contribution in [2.45, 2.75) is 6.92 Å². The van der Waals surface area contributed by atoms with Crippen LogP contribution in [0, 0.1) is 0 Å². The summed E-state index contributed by atoms with van der Waals surface area (Å²) in [5.74, 6) is -0.131. The average Bonchev–Trinajstić information content (AvgIpc) is 1.89. The van der Waals surface area contributed by atoms with Gasteiger partial charge in [0.2, 0.25) is 0 Å². The Kier molecular flexibility index (Phi) is 5.41. The standard InChI is InChI=1S/C6H10O2S/c1-2-3-4-8-6(7)5-9/h2-3,9H,4-5H2,1H3/b3-2+. The second-order valence-electron chi connectivity index (χ2n) is 1.41. The third-order valence-electron chi connectivity index (χ3n) is 0.705. The Morgan fingerprint density at radius 1 is 1.78 bits per heavy atom. The van der Waals surface area contributed by atoms with Crippen LogP contribution in [0.5, 0.6) is 0 Å². The number of hydrogen-bond acceptors (Lipinski definition) is 3. The first-order valence-electron chi connectivity index (χ1n) is 2.69. The van der Waals surface area contributed by atoms with Crippen LogP contribution in [0.15, 0.2) is 12.2 Å². The molecule has 0 heterocycles.